The Kier molecular flexibility index (Phi) is 2.54. The fraction of sp³-hybridized carbons (Fsp3) is 0.400. The quantitative estimate of drug-likeness (QED) is 0.827. The van der Waals surface area contributed by atoms with Gasteiger partial charge in [0.1, 0.15) is 5.52 Å². The number of rotatable bonds is 2. The average molecular weight is 255 g/mol. The maximum Gasteiger partial charge on any atom is 0.246 e. The normalized spacial score (nSPS) is 11.4. The summed E-state index contributed by atoms with van der Waals surface area (Å²) < 4.78 is 6.42. The molecule has 0 N–H and O–H groups in total. The van der Waals surface area contributed by atoms with Crippen molar-refractivity contribution in [3.05, 3.63) is 22.6 Å². The molecule has 0 saturated carbocycles. The van der Waals surface area contributed by atoms with Crippen LogP contribution in [0.5, 0.6) is 0 Å². The number of pyridine rings is 1. The Labute approximate surface area is 90.7 Å². The van der Waals surface area contributed by atoms with Crippen molar-refractivity contribution >= 4 is 27.2 Å². The molecule has 0 aromatic carbocycles. The topological polar surface area (TPSA) is 38.9 Å². The van der Waals surface area contributed by atoms with E-state index in [2.05, 4.69) is 39.7 Å². The Bertz CT molecular complexity index is 450. The van der Waals surface area contributed by atoms with Crippen LogP contribution < -0.4 is 0 Å². The van der Waals surface area contributed by atoms with Gasteiger partial charge in [-0.1, -0.05) is 13.8 Å². The van der Waals surface area contributed by atoms with E-state index in [0.717, 1.165) is 22.3 Å². The van der Waals surface area contributed by atoms with E-state index < -0.39 is 0 Å². The predicted octanol–water partition coefficient (Wildman–Crippen LogP) is 3.18. The average Bonchev–Trinajstić information content (AvgIpc) is 2.44. The van der Waals surface area contributed by atoms with Crippen LogP contribution in [-0.4, -0.2) is 9.97 Å². The zero-order valence-electron chi connectivity index (χ0n) is 8.12. The molecule has 3 nitrogen and oxygen atoms in total. The van der Waals surface area contributed by atoms with Crippen LogP contribution in [0.25, 0.3) is 11.2 Å². The first kappa shape index (κ1) is 9.65. The Morgan fingerprint density at radius 1 is 1.50 bits per heavy atom. The molecule has 0 fully saturated rings. The van der Waals surface area contributed by atoms with Gasteiger partial charge in [-0.15, -0.1) is 0 Å². The highest BCUT2D eigenvalue weighted by Crippen LogP contribution is 2.19. The van der Waals surface area contributed by atoms with Gasteiger partial charge in [-0.05, 0) is 27.9 Å². The van der Waals surface area contributed by atoms with Crippen molar-refractivity contribution in [2.45, 2.75) is 20.3 Å². The summed E-state index contributed by atoms with van der Waals surface area (Å²) in [5, 5.41) is 0. The number of halogens is 1. The highest BCUT2D eigenvalue weighted by atomic mass is 79.9. The zero-order chi connectivity index (χ0) is 10.1. The minimum absolute atomic E-state index is 0.548. The molecule has 0 unspecified atom stereocenters. The van der Waals surface area contributed by atoms with Crippen LogP contribution in [0.3, 0.4) is 0 Å². The van der Waals surface area contributed by atoms with Gasteiger partial charge < -0.3 is 4.42 Å². The number of hydrogen-bond acceptors (Lipinski definition) is 3. The third-order valence-corrected chi connectivity index (χ3v) is 2.28. The van der Waals surface area contributed by atoms with Gasteiger partial charge in [0, 0.05) is 17.1 Å². The first-order chi connectivity index (χ1) is 6.65. The molecule has 0 aliphatic rings. The summed E-state index contributed by atoms with van der Waals surface area (Å²) in [6.45, 7) is 4.27. The maximum absolute atomic E-state index is 5.49. The van der Waals surface area contributed by atoms with Gasteiger partial charge >= 0.3 is 0 Å². The summed E-state index contributed by atoms with van der Waals surface area (Å²) in [5.74, 6) is 1.31. The molecular formula is C10H11BrN2O. The lowest BCUT2D eigenvalue weighted by molar-refractivity contribution is 0.477. The first-order valence-electron chi connectivity index (χ1n) is 4.56. The molecule has 0 saturated heterocycles. The summed E-state index contributed by atoms with van der Waals surface area (Å²) in [4.78, 5) is 8.49. The number of aromatic nitrogens is 2. The molecule has 0 radical (unpaired) electrons. The van der Waals surface area contributed by atoms with Gasteiger partial charge in [0.15, 0.2) is 5.89 Å². The Morgan fingerprint density at radius 2 is 2.29 bits per heavy atom. The third-order valence-electron chi connectivity index (χ3n) is 1.84. The van der Waals surface area contributed by atoms with Crippen LogP contribution >= 0.6 is 15.9 Å². The van der Waals surface area contributed by atoms with E-state index in [-0.39, 0.29) is 0 Å². The molecule has 14 heavy (non-hydrogen) atoms. The third kappa shape index (κ3) is 1.95. The molecule has 0 spiro atoms. The molecule has 2 rings (SSSR count). The van der Waals surface area contributed by atoms with Gasteiger partial charge in [0.25, 0.3) is 0 Å². The minimum atomic E-state index is 0.548. The second-order valence-electron chi connectivity index (χ2n) is 3.68. The summed E-state index contributed by atoms with van der Waals surface area (Å²) in [6, 6.07) is 1.91. The van der Waals surface area contributed by atoms with Crippen molar-refractivity contribution in [3.63, 3.8) is 0 Å². The molecule has 0 aliphatic heterocycles. The molecule has 2 aromatic rings. The van der Waals surface area contributed by atoms with Crippen molar-refractivity contribution in [3.8, 4) is 0 Å². The van der Waals surface area contributed by atoms with Crippen LogP contribution in [0.1, 0.15) is 19.7 Å². The number of hydrogen-bond donors (Lipinski definition) is 0. The van der Waals surface area contributed by atoms with Gasteiger partial charge in [0.2, 0.25) is 5.71 Å². The van der Waals surface area contributed by atoms with E-state index in [1.807, 2.05) is 6.07 Å². The lowest BCUT2D eigenvalue weighted by Gasteiger charge is -1.96. The van der Waals surface area contributed by atoms with Crippen molar-refractivity contribution in [1.82, 2.24) is 9.97 Å². The molecule has 2 aromatic heterocycles. The van der Waals surface area contributed by atoms with Gasteiger partial charge in [-0.2, -0.15) is 0 Å². The first-order valence-corrected chi connectivity index (χ1v) is 5.35. The second kappa shape index (κ2) is 3.69. The van der Waals surface area contributed by atoms with Gasteiger partial charge in [-0.3, -0.25) is 0 Å². The molecular weight excluding hydrogens is 244 g/mol. The van der Waals surface area contributed by atoms with E-state index in [0.29, 0.717) is 11.6 Å². The van der Waals surface area contributed by atoms with E-state index >= 15 is 0 Å². The SMILES string of the molecule is CC(C)Cc1nc2cc(Br)cnc2o1. The van der Waals surface area contributed by atoms with Crippen molar-refractivity contribution in [1.29, 1.82) is 0 Å². The highest BCUT2D eigenvalue weighted by Gasteiger charge is 2.08. The smallest absolute Gasteiger partial charge is 0.246 e. The van der Waals surface area contributed by atoms with Crippen molar-refractivity contribution in [2.75, 3.05) is 0 Å². The van der Waals surface area contributed by atoms with Gasteiger partial charge in [0.05, 0.1) is 0 Å². The summed E-state index contributed by atoms with van der Waals surface area (Å²) in [7, 11) is 0. The highest BCUT2D eigenvalue weighted by molar-refractivity contribution is 9.10. The van der Waals surface area contributed by atoms with E-state index in [1.165, 1.54) is 0 Å². The number of oxazole rings is 1. The van der Waals surface area contributed by atoms with Crippen LogP contribution in [0.15, 0.2) is 21.2 Å². The van der Waals surface area contributed by atoms with Crippen LogP contribution in [0.2, 0.25) is 0 Å². The standard InChI is InChI=1S/C10H11BrN2O/c1-6(2)3-9-13-8-4-7(11)5-12-10(8)14-9/h4-6H,3H2,1-2H3. The number of nitrogens with zero attached hydrogens (tertiary/aromatic N) is 2. The zero-order valence-corrected chi connectivity index (χ0v) is 9.71. The fourth-order valence-electron chi connectivity index (χ4n) is 1.28. The lowest BCUT2D eigenvalue weighted by Crippen LogP contribution is -1.93. The van der Waals surface area contributed by atoms with Crippen LogP contribution in [0, 0.1) is 5.92 Å². The van der Waals surface area contributed by atoms with E-state index in [1.54, 1.807) is 6.20 Å². The Morgan fingerprint density at radius 3 is 3.00 bits per heavy atom. The molecule has 0 amide bonds. The molecule has 0 bridgehead atoms. The molecule has 74 valence electrons. The van der Waals surface area contributed by atoms with E-state index in [4.69, 9.17) is 4.42 Å². The molecule has 0 atom stereocenters. The summed E-state index contributed by atoms with van der Waals surface area (Å²) >= 11 is 3.35. The van der Waals surface area contributed by atoms with Crippen LogP contribution in [0.4, 0.5) is 0 Å². The second-order valence-corrected chi connectivity index (χ2v) is 4.60. The largest absolute Gasteiger partial charge is 0.422 e. The maximum atomic E-state index is 5.49. The van der Waals surface area contributed by atoms with Crippen molar-refractivity contribution in [2.24, 2.45) is 5.92 Å². The monoisotopic (exact) mass is 254 g/mol. The molecule has 0 aliphatic carbocycles. The fourth-order valence-corrected chi connectivity index (χ4v) is 1.60. The van der Waals surface area contributed by atoms with E-state index in [9.17, 15) is 0 Å². The molecule has 4 heteroatoms. The van der Waals surface area contributed by atoms with Crippen molar-refractivity contribution < 1.29 is 4.42 Å². The summed E-state index contributed by atoms with van der Waals surface area (Å²) in [6.07, 6.45) is 2.57. The molecule has 2 heterocycles. The minimum Gasteiger partial charge on any atom is -0.422 e. The van der Waals surface area contributed by atoms with Gasteiger partial charge in [-0.25, -0.2) is 9.97 Å². The lowest BCUT2D eigenvalue weighted by atomic mass is 10.1. The Hall–Kier alpha value is -0.900. The number of fused-ring (bicyclic) bond motifs is 1. The Balaban J connectivity index is 2.41. The summed E-state index contributed by atoms with van der Waals surface area (Å²) in [5.41, 5.74) is 1.43. The predicted molar refractivity (Wildman–Crippen MR) is 58.0 cm³/mol. The van der Waals surface area contributed by atoms with Crippen LogP contribution in [-0.2, 0) is 6.42 Å².